The van der Waals surface area contributed by atoms with Crippen molar-refractivity contribution in [2.24, 2.45) is 0 Å². The Balaban J connectivity index is 0.000000494. The van der Waals surface area contributed by atoms with E-state index in [2.05, 4.69) is 22.6 Å². The van der Waals surface area contributed by atoms with Crippen molar-refractivity contribution in [3.05, 3.63) is 24.9 Å². The molecule has 1 N–H and O–H groups in total. The fourth-order valence-electron chi connectivity index (χ4n) is 0.963. The van der Waals surface area contributed by atoms with Gasteiger partial charge in [-0.25, -0.2) is 14.4 Å². The molecule has 1 heterocycles. The Kier molecular flexibility index (Phi) is 6.87. The van der Waals surface area contributed by atoms with Crippen molar-refractivity contribution in [2.75, 3.05) is 19.8 Å². The summed E-state index contributed by atoms with van der Waals surface area (Å²) in [6.07, 6.45) is 0.290. The van der Waals surface area contributed by atoms with Gasteiger partial charge in [-0.2, -0.15) is 0 Å². The first-order valence-corrected chi connectivity index (χ1v) is 5.09. The Hall–Kier alpha value is -2.31. The molecule has 0 bridgehead atoms. The van der Waals surface area contributed by atoms with Crippen LogP contribution in [0.3, 0.4) is 0 Å². The van der Waals surface area contributed by atoms with Crippen molar-refractivity contribution in [3.63, 3.8) is 0 Å². The Labute approximate surface area is 104 Å². The molecule has 1 saturated heterocycles. The number of cyclic esters (lactones) is 1. The molecule has 1 amide bonds. The van der Waals surface area contributed by atoms with E-state index < -0.39 is 18.0 Å². The Morgan fingerprint density at radius 2 is 2.17 bits per heavy atom. The Morgan fingerprint density at radius 1 is 1.61 bits per heavy atom. The van der Waals surface area contributed by atoms with Gasteiger partial charge in [0.2, 0.25) is 0 Å². The smallest absolute Gasteiger partial charge is 0.414 e. The average Bonchev–Trinajstić information content (AvgIpc) is 2.75. The predicted octanol–water partition coefficient (Wildman–Crippen LogP) is 0.772. The third-order valence-corrected chi connectivity index (χ3v) is 1.77. The van der Waals surface area contributed by atoms with E-state index in [4.69, 9.17) is 5.11 Å². The summed E-state index contributed by atoms with van der Waals surface area (Å²) in [5.41, 5.74) is 0.0318. The Bertz CT molecular complexity index is 363. The molecule has 100 valence electrons. The molecule has 1 aliphatic heterocycles. The SMILES string of the molecule is C=C(C(=O)OCC)N1CCOC1=O.C=CC(=O)O. The molecule has 18 heavy (non-hydrogen) atoms. The van der Waals surface area contributed by atoms with Crippen molar-refractivity contribution >= 4 is 18.0 Å². The summed E-state index contributed by atoms with van der Waals surface area (Å²) < 4.78 is 9.31. The van der Waals surface area contributed by atoms with Crippen molar-refractivity contribution in [3.8, 4) is 0 Å². The van der Waals surface area contributed by atoms with Crippen LogP contribution >= 0.6 is 0 Å². The number of ether oxygens (including phenoxy) is 2. The highest BCUT2D eigenvalue weighted by Crippen LogP contribution is 2.11. The quantitative estimate of drug-likeness (QED) is 0.590. The molecule has 0 aliphatic carbocycles. The van der Waals surface area contributed by atoms with E-state index in [0.29, 0.717) is 6.54 Å². The average molecular weight is 257 g/mol. The number of carboxylic acids is 1. The molecule has 0 aromatic carbocycles. The van der Waals surface area contributed by atoms with Gasteiger partial charge in [0.15, 0.2) is 0 Å². The summed E-state index contributed by atoms with van der Waals surface area (Å²) in [5, 5.41) is 7.60. The van der Waals surface area contributed by atoms with Crippen LogP contribution in [0.15, 0.2) is 24.9 Å². The van der Waals surface area contributed by atoms with Gasteiger partial charge in [0.05, 0.1) is 13.2 Å². The number of hydrogen-bond donors (Lipinski definition) is 1. The molecule has 0 aromatic rings. The minimum Gasteiger partial charge on any atom is -0.478 e. The van der Waals surface area contributed by atoms with Gasteiger partial charge in [-0.1, -0.05) is 13.2 Å². The van der Waals surface area contributed by atoms with Crippen LogP contribution in [0.5, 0.6) is 0 Å². The van der Waals surface area contributed by atoms with Crippen LogP contribution in [-0.4, -0.2) is 47.8 Å². The molecular formula is C11H15NO6. The van der Waals surface area contributed by atoms with E-state index >= 15 is 0 Å². The van der Waals surface area contributed by atoms with Crippen molar-refractivity contribution in [1.82, 2.24) is 4.90 Å². The lowest BCUT2D eigenvalue weighted by Crippen LogP contribution is -2.28. The van der Waals surface area contributed by atoms with Crippen molar-refractivity contribution in [1.29, 1.82) is 0 Å². The number of amides is 1. The number of nitrogens with zero attached hydrogens (tertiary/aromatic N) is 1. The lowest BCUT2D eigenvalue weighted by molar-refractivity contribution is -0.140. The highest BCUT2D eigenvalue weighted by Gasteiger charge is 2.28. The molecule has 1 fully saturated rings. The van der Waals surface area contributed by atoms with Gasteiger partial charge in [0.1, 0.15) is 12.3 Å². The van der Waals surface area contributed by atoms with Gasteiger partial charge in [-0.05, 0) is 6.92 Å². The van der Waals surface area contributed by atoms with Crippen LogP contribution in [0.2, 0.25) is 0 Å². The van der Waals surface area contributed by atoms with Crippen LogP contribution in [0.25, 0.3) is 0 Å². The first kappa shape index (κ1) is 15.7. The Morgan fingerprint density at radius 3 is 2.50 bits per heavy atom. The largest absolute Gasteiger partial charge is 0.478 e. The van der Waals surface area contributed by atoms with E-state index in [-0.39, 0.29) is 18.9 Å². The van der Waals surface area contributed by atoms with E-state index in [1.165, 1.54) is 0 Å². The summed E-state index contributed by atoms with van der Waals surface area (Å²) >= 11 is 0. The van der Waals surface area contributed by atoms with E-state index in [0.717, 1.165) is 11.0 Å². The van der Waals surface area contributed by atoms with Crippen LogP contribution in [-0.2, 0) is 19.1 Å². The highest BCUT2D eigenvalue weighted by molar-refractivity contribution is 5.92. The third kappa shape index (κ3) is 5.15. The van der Waals surface area contributed by atoms with Crippen molar-refractivity contribution < 1.29 is 29.0 Å². The minimum absolute atomic E-state index is 0.0318. The second kappa shape index (κ2) is 7.88. The van der Waals surface area contributed by atoms with Gasteiger partial charge < -0.3 is 14.6 Å². The highest BCUT2D eigenvalue weighted by atomic mass is 16.6. The lowest BCUT2D eigenvalue weighted by Gasteiger charge is -2.13. The molecule has 7 nitrogen and oxygen atoms in total. The molecule has 7 heteroatoms. The number of esters is 1. The molecule has 0 atom stereocenters. The standard InChI is InChI=1S/C8H11NO4.C3H4O2/c1-3-12-7(10)6(2)9-4-5-13-8(9)11;1-2-3(4)5/h2-5H2,1H3;2H,1H2,(H,4,5). The zero-order chi connectivity index (χ0) is 14.1. The van der Waals surface area contributed by atoms with Crippen LogP contribution < -0.4 is 0 Å². The number of carbonyl (C=O) groups is 3. The number of aliphatic carboxylic acids is 1. The number of carbonyl (C=O) groups excluding carboxylic acids is 2. The predicted molar refractivity (Wildman–Crippen MR) is 61.7 cm³/mol. The topological polar surface area (TPSA) is 93.1 Å². The number of hydrogen-bond acceptors (Lipinski definition) is 5. The first-order valence-electron chi connectivity index (χ1n) is 5.09. The van der Waals surface area contributed by atoms with Gasteiger partial charge in [-0.15, -0.1) is 0 Å². The van der Waals surface area contributed by atoms with E-state index in [1.54, 1.807) is 6.92 Å². The molecule has 1 rings (SSSR count). The van der Waals surface area contributed by atoms with Gasteiger partial charge in [0.25, 0.3) is 0 Å². The molecule has 0 spiro atoms. The number of rotatable bonds is 4. The summed E-state index contributed by atoms with van der Waals surface area (Å²) in [6.45, 7) is 9.02. The fraction of sp³-hybridized carbons (Fsp3) is 0.364. The molecule has 1 aliphatic rings. The summed E-state index contributed by atoms with van der Waals surface area (Å²) in [7, 11) is 0. The maximum atomic E-state index is 11.1. The normalized spacial score (nSPS) is 12.9. The van der Waals surface area contributed by atoms with Crippen LogP contribution in [0, 0.1) is 0 Å². The van der Waals surface area contributed by atoms with Gasteiger partial charge in [0, 0.05) is 6.08 Å². The molecule has 0 aromatic heterocycles. The summed E-state index contributed by atoms with van der Waals surface area (Å²) in [5.74, 6) is -1.56. The second-order valence-corrected chi connectivity index (χ2v) is 2.98. The summed E-state index contributed by atoms with van der Waals surface area (Å²) in [4.78, 5) is 32.5. The second-order valence-electron chi connectivity index (χ2n) is 2.98. The van der Waals surface area contributed by atoms with Crippen LogP contribution in [0.4, 0.5) is 4.79 Å². The zero-order valence-corrected chi connectivity index (χ0v) is 10.0. The minimum atomic E-state index is -0.981. The van der Waals surface area contributed by atoms with E-state index in [1.807, 2.05) is 0 Å². The number of carboxylic acid groups (broad SMARTS) is 1. The van der Waals surface area contributed by atoms with Gasteiger partial charge >= 0.3 is 18.0 Å². The van der Waals surface area contributed by atoms with Gasteiger partial charge in [-0.3, -0.25) is 4.90 Å². The third-order valence-electron chi connectivity index (χ3n) is 1.77. The molecular weight excluding hydrogens is 242 g/mol. The maximum absolute atomic E-state index is 11.1. The van der Waals surface area contributed by atoms with E-state index in [9.17, 15) is 14.4 Å². The monoisotopic (exact) mass is 257 g/mol. The fourth-order valence-corrected chi connectivity index (χ4v) is 0.963. The van der Waals surface area contributed by atoms with Crippen LogP contribution in [0.1, 0.15) is 6.92 Å². The zero-order valence-electron chi connectivity index (χ0n) is 10.0. The first-order chi connectivity index (χ1) is 8.43. The molecule has 0 saturated carbocycles. The molecule has 0 unspecified atom stereocenters. The molecule has 0 radical (unpaired) electrons. The van der Waals surface area contributed by atoms with Crippen molar-refractivity contribution in [2.45, 2.75) is 6.92 Å². The lowest BCUT2D eigenvalue weighted by atomic mass is 10.4. The summed E-state index contributed by atoms with van der Waals surface area (Å²) in [6, 6.07) is 0. The maximum Gasteiger partial charge on any atom is 0.414 e.